The van der Waals surface area contributed by atoms with E-state index in [4.69, 9.17) is 4.74 Å². The molecule has 0 aliphatic carbocycles. The summed E-state index contributed by atoms with van der Waals surface area (Å²) in [6, 6.07) is 11.4. The Hall–Kier alpha value is -3.00. The molecule has 1 aliphatic rings. The zero-order valence-corrected chi connectivity index (χ0v) is 16.4. The number of ether oxygens (including phenoxy) is 1. The smallest absolute Gasteiger partial charge is 0.265 e. The Morgan fingerprint density at radius 3 is 2.50 bits per heavy atom. The van der Waals surface area contributed by atoms with Gasteiger partial charge in [0.15, 0.2) is 0 Å². The van der Waals surface area contributed by atoms with E-state index in [1.807, 2.05) is 42.2 Å². The molecule has 1 aliphatic heterocycles. The molecule has 8 heteroatoms. The van der Waals surface area contributed by atoms with Crippen molar-refractivity contribution in [3.63, 3.8) is 0 Å². The molecular weight excluding hydrogens is 374 g/mol. The summed E-state index contributed by atoms with van der Waals surface area (Å²) < 4.78 is 5.75. The third kappa shape index (κ3) is 4.12. The van der Waals surface area contributed by atoms with Gasteiger partial charge in [-0.2, -0.15) is 0 Å². The predicted molar refractivity (Wildman–Crippen MR) is 108 cm³/mol. The van der Waals surface area contributed by atoms with Crippen LogP contribution in [-0.2, 0) is 6.61 Å². The summed E-state index contributed by atoms with van der Waals surface area (Å²) in [5, 5.41) is 0.807. The Labute approximate surface area is 167 Å². The number of para-hydroxylation sites is 1. The zero-order valence-electron chi connectivity index (χ0n) is 15.6. The Morgan fingerprint density at radius 2 is 1.79 bits per heavy atom. The number of aryl methyl sites for hydroxylation is 1. The summed E-state index contributed by atoms with van der Waals surface area (Å²) in [5.41, 5.74) is 0.760. The van der Waals surface area contributed by atoms with Gasteiger partial charge in [-0.05, 0) is 25.1 Å². The predicted octanol–water partition coefficient (Wildman–Crippen LogP) is 2.78. The molecule has 0 saturated carbocycles. The SMILES string of the molecule is Cc1nc(COc2ccccc2)sc1C(=O)N1CCN(c2ncccn2)CC1. The Kier molecular flexibility index (Phi) is 5.48. The van der Waals surface area contributed by atoms with Crippen molar-refractivity contribution in [2.45, 2.75) is 13.5 Å². The highest BCUT2D eigenvalue weighted by molar-refractivity contribution is 7.13. The van der Waals surface area contributed by atoms with E-state index in [1.165, 1.54) is 11.3 Å². The van der Waals surface area contributed by atoms with Crippen LogP contribution in [0.4, 0.5) is 5.95 Å². The number of aromatic nitrogens is 3. The third-order valence-corrected chi connectivity index (χ3v) is 5.66. The van der Waals surface area contributed by atoms with Crippen LogP contribution in [0.1, 0.15) is 20.4 Å². The van der Waals surface area contributed by atoms with Crippen molar-refractivity contribution in [3.05, 3.63) is 64.4 Å². The highest BCUT2D eigenvalue weighted by Crippen LogP contribution is 2.23. The largest absolute Gasteiger partial charge is 0.486 e. The molecule has 4 rings (SSSR count). The normalized spacial score (nSPS) is 14.2. The van der Waals surface area contributed by atoms with Crippen LogP contribution in [0.3, 0.4) is 0 Å². The van der Waals surface area contributed by atoms with Crippen LogP contribution in [0.15, 0.2) is 48.8 Å². The van der Waals surface area contributed by atoms with Crippen molar-refractivity contribution in [1.82, 2.24) is 19.9 Å². The lowest BCUT2D eigenvalue weighted by atomic mass is 10.3. The Morgan fingerprint density at radius 1 is 1.07 bits per heavy atom. The van der Waals surface area contributed by atoms with E-state index in [9.17, 15) is 4.79 Å². The first-order valence-electron chi connectivity index (χ1n) is 9.16. The van der Waals surface area contributed by atoms with Gasteiger partial charge >= 0.3 is 0 Å². The molecule has 0 N–H and O–H groups in total. The van der Waals surface area contributed by atoms with Crippen LogP contribution in [0.2, 0.25) is 0 Å². The first kappa shape index (κ1) is 18.4. The monoisotopic (exact) mass is 395 g/mol. The lowest BCUT2D eigenvalue weighted by molar-refractivity contribution is 0.0750. The number of thiazole rings is 1. The first-order valence-corrected chi connectivity index (χ1v) is 9.98. The molecule has 1 saturated heterocycles. The molecule has 0 atom stereocenters. The lowest BCUT2D eigenvalue weighted by Gasteiger charge is -2.34. The average molecular weight is 395 g/mol. The Balaban J connectivity index is 1.37. The molecule has 28 heavy (non-hydrogen) atoms. The second-order valence-electron chi connectivity index (χ2n) is 6.45. The van der Waals surface area contributed by atoms with E-state index in [0.717, 1.165) is 29.5 Å². The summed E-state index contributed by atoms with van der Waals surface area (Å²) in [6.45, 7) is 4.97. The van der Waals surface area contributed by atoms with E-state index < -0.39 is 0 Å². The molecule has 3 aromatic rings. The van der Waals surface area contributed by atoms with Crippen molar-refractivity contribution < 1.29 is 9.53 Å². The van der Waals surface area contributed by atoms with Gasteiger partial charge < -0.3 is 14.5 Å². The van der Waals surface area contributed by atoms with Crippen LogP contribution in [0, 0.1) is 6.92 Å². The zero-order chi connectivity index (χ0) is 19.3. The van der Waals surface area contributed by atoms with Crippen molar-refractivity contribution in [1.29, 1.82) is 0 Å². The van der Waals surface area contributed by atoms with Crippen LogP contribution in [0.5, 0.6) is 5.75 Å². The van der Waals surface area contributed by atoms with Crippen molar-refractivity contribution in [3.8, 4) is 5.75 Å². The number of piperazine rings is 1. The van der Waals surface area contributed by atoms with E-state index in [1.54, 1.807) is 18.5 Å². The van der Waals surface area contributed by atoms with E-state index in [0.29, 0.717) is 30.5 Å². The molecular formula is C20H21N5O2S. The van der Waals surface area contributed by atoms with Gasteiger partial charge in [0, 0.05) is 38.6 Å². The molecule has 0 spiro atoms. The van der Waals surface area contributed by atoms with Gasteiger partial charge in [-0.25, -0.2) is 15.0 Å². The number of nitrogens with zero attached hydrogens (tertiary/aromatic N) is 5. The third-order valence-electron chi connectivity index (χ3n) is 4.54. The summed E-state index contributed by atoms with van der Waals surface area (Å²) >= 11 is 1.41. The van der Waals surface area contributed by atoms with Crippen LogP contribution in [-0.4, -0.2) is 51.9 Å². The van der Waals surface area contributed by atoms with Gasteiger partial charge in [0.05, 0.1) is 5.69 Å². The highest BCUT2D eigenvalue weighted by atomic mass is 32.1. The molecule has 0 radical (unpaired) electrons. The minimum Gasteiger partial charge on any atom is -0.486 e. The summed E-state index contributed by atoms with van der Waals surface area (Å²) in [4.78, 5) is 30.7. The topological polar surface area (TPSA) is 71.5 Å². The summed E-state index contributed by atoms with van der Waals surface area (Å²) in [6.07, 6.45) is 3.47. The molecule has 1 fully saturated rings. The molecule has 1 amide bonds. The number of carbonyl (C=O) groups is 1. The first-order chi connectivity index (χ1) is 13.7. The van der Waals surface area contributed by atoms with Crippen molar-refractivity contribution in [2.75, 3.05) is 31.1 Å². The molecule has 3 heterocycles. The van der Waals surface area contributed by atoms with Crippen LogP contribution in [0.25, 0.3) is 0 Å². The van der Waals surface area contributed by atoms with Crippen molar-refractivity contribution >= 4 is 23.2 Å². The lowest BCUT2D eigenvalue weighted by Crippen LogP contribution is -2.49. The summed E-state index contributed by atoms with van der Waals surface area (Å²) in [5.74, 6) is 1.54. The molecule has 0 unspecified atom stereocenters. The summed E-state index contributed by atoms with van der Waals surface area (Å²) in [7, 11) is 0. The number of carbonyl (C=O) groups excluding carboxylic acids is 1. The minimum atomic E-state index is 0.0367. The fourth-order valence-corrected chi connectivity index (χ4v) is 4.03. The number of anilines is 1. The fraction of sp³-hybridized carbons (Fsp3) is 0.300. The standard InChI is InChI=1S/C20H21N5O2S/c1-15-18(28-17(23-15)14-27-16-6-3-2-4-7-16)19(26)24-10-12-25(13-11-24)20-21-8-5-9-22-20/h2-9H,10-14H2,1H3. The number of amides is 1. The maximum Gasteiger partial charge on any atom is 0.265 e. The van der Waals surface area contributed by atoms with Gasteiger partial charge in [0.1, 0.15) is 22.2 Å². The van der Waals surface area contributed by atoms with E-state index in [2.05, 4.69) is 19.9 Å². The fourth-order valence-electron chi connectivity index (χ4n) is 3.08. The van der Waals surface area contributed by atoms with Crippen LogP contribution >= 0.6 is 11.3 Å². The maximum absolute atomic E-state index is 13.0. The number of benzene rings is 1. The van der Waals surface area contributed by atoms with E-state index >= 15 is 0 Å². The van der Waals surface area contributed by atoms with Gasteiger partial charge in [-0.15, -0.1) is 11.3 Å². The molecule has 0 bridgehead atoms. The molecule has 1 aromatic carbocycles. The quantitative estimate of drug-likeness (QED) is 0.662. The molecule has 2 aromatic heterocycles. The van der Waals surface area contributed by atoms with Gasteiger partial charge in [0.25, 0.3) is 5.91 Å². The number of hydrogen-bond donors (Lipinski definition) is 0. The molecule has 7 nitrogen and oxygen atoms in total. The maximum atomic E-state index is 13.0. The second kappa shape index (κ2) is 8.35. The average Bonchev–Trinajstić information content (AvgIpc) is 3.14. The minimum absolute atomic E-state index is 0.0367. The van der Waals surface area contributed by atoms with Gasteiger partial charge in [-0.3, -0.25) is 4.79 Å². The molecule has 144 valence electrons. The van der Waals surface area contributed by atoms with E-state index in [-0.39, 0.29) is 5.91 Å². The number of hydrogen-bond acceptors (Lipinski definition) is 7. The van der Waals surface area contributed by atoms with Gasteiger partial charge in [0.2, 0.25) is 5.95 Å². The van der Waals surface area contributed by atoms with Gasteiger partial charge in [-0.1, -0.05) is 18.2 Å². The number of rotatable bonds is 5. The van der Waals surface area contributed by atoms with Crippen molar-refractivity contribution in [2.24, 2.45) is 0 Å². The second-order valence-corrected chi connectivity index (χ2v) is 7.54. The van der Waals surface area contributed by atoms with Crippen LogP contribution < -0.4 is 9.64 Å². The Bertz CT molecular complexity index is 924. The highest BCUT2D eigenvalue weighted by Gasteiger charge is 2.26.